The second-order valence-electron chi connectivity index (χ2n) is 5.50. The van der Waals surface area contributed by atoms with Crippen LogP contribution in [0.5, 0.6) is 0 Å². The minimum atomic E-state index is -1.27. The van der Waals surface area contributed by atoms with Gasteiger partial charge in [0.2, 0.25) is 0 Å². The van der Waals surface area contributed by atoms with Crippen molar-refractivity contribution in [3.05, 3.63) is 35.9 Å². The zero-order valence-corrected chi connectivity index (χ0v) is 15.1. The Hall–Kier alpha value is -2.90. The summed E-state index contributed by atoms with van der Waals surface area (Å²) in [7, 11) is 0. The quantitative estimate of drug-likeness (QED) is 0.504. The Labute approximate surface area is 151 Å². The van der Waals surface area contributed by atoms with Crippen LogP contribution in [-0.4, -0.2) is 42.2 Å². The number of benzene rings is 1. The second kappa shape index (κ2) is 10.2. The van der Waals surface area contributed by atoms with Gasteiger partial charge in [0.25, 0.3) is 0 Å². The summed E-state index contributed by atoms with van der Waals surface area (Å²) in [6.07, 6.45) is -3.60. The average molecular weight is 366 g/mol. The molecule has 0 bridgehead atoms. The van der Waals surface area contributed by atoms with Gasteiger partial charge in [0.15, 0.2) is 18.3 Å². The minimum absolute atomic E-state index is 0.0476. The summed E-state index contributed by atoms with van der Waals surface area (Å²) in [4.78, 5) is 46.2. The van der Waals surface area contributed by atoms with E-state index in [2.05, 4.69) is 4.74 Å². The average Bonchev–Trinajstić information content (AvgIpc) is 2.59. The van der Waals surface area contributed by atoms with E-state index in [1.54, 1.807) is 24.3 Å². The van der Waals surface area contributed by atoms with Gasteiger partial charge in [-0.1, -0.05) is 30.3 Å². The monoisotopic (exact) mass is 366 g/mol. The van der Waals surface area contributed by atoms with Crippen LogP contribution in [0.2, 0.25) is 0 Å². The highest BCUT2D eigenvalue weighted by atomic mass is 16.6. The van der Waals surface area contributed by atoms with E-state index < -0.39 is 42.2 Å². The van der Waals surface area contributed by atoms with E-state index in [1.165, 1.54) is 20.8 Å². The molecule has 3 atom stereocenters. The molecule has 8 nitrogen and oxygen atoms in total. The van der Waals surface area contributed by atoms with Crippen molar-refractivity contribution in [3.63, 3.8) is 0 Å². The largest absolute Gasteiger partial charge is 0.458 e. The molecule has 8 heteroatoms. The fourth-order valence-corrected chi connectivity index (χ4v) is 1.78. The molecule has 1 aromatic carbocycles. The van der Waals surface area contributed by atoms with Crippen LogP contribution in [0.1, 0.15) is 33.3 Å². The van der Waals surface area contributed by atoms with Crippen molar-refractivity contribution in [2.45, 2.75) is 52.6 Å². The number of ether oxygens (including phenoxy) is 4. The van der Waals surface area contributed by atoms with Gasteiger partial charge in [-0.3, -0.25) is 4.79 Å². The summed E-state index contributed by atoms with van der Waals surface area (Å²) in [6, 6.07) is 9.02. The summed E-state index contributed by atoms with van der Waals surface area (Å²) in [5.74, 6) is -3.20. The Morgan fingerprint density at radius 3 is 1.73 bits per heavy atom. The molecule has 1 rings (SSSR count). The van der Waals surface area contributed by atoms with Crippen molar-refractivity contribution in [2.75, 3.05) is 0 Å². The van der Waals surface area contributed by atoms with Gasteiger partial charge in [-0.2, -0.15) is 0 Å². The highest BCUT2D eigenvalue weighted by Gasteiger charge is 2.28. The third kappa shape index (κ3) is 7.33. The Balaban J connectivity index is 2.43. The summed E-state index contributed by atoms with van der Waals surface area (Å²) < 4.78 is 19.5. The molecule has 0 fully saturated rings. The standard InChI is InChI=1S/C18H22O8/c1-11(16(20)23-10-15-8-6-5-7-9-15)25-18(22)13(3)26-17(21)12(2)24-14(4)19/h5-9,11-13H,10H2,1-4H3/t11-,12-,13-/m0/s1. The van der Waals surface area contributed by atoms with Crippen LogP contribution >= 0.6 is 0 Å². The predicted octanol–water partition coefficient (Wildman–Crippen LogP) is 1.54. The van der Waals surface area contributed by atoms with E-state index in [1.807, 2.05) is 6.07 Å². The van der Waals surface area contributed by atoms with Crippen LogP contribution in [0.15, 0.2) is 30.3 Å². The van der Waals surface area contributed by atoms with E-state index >= 15 is 0 Å². The van der Waals surface area contributed by atoms with Crippen LogP contribution in [0.25, 0.3) is 0 Å². The SMILES string of the molecule is CC(=O)O[C@@H](C)C(=O)O[C@@H](C)C(=O)O[C@@H](C)C(=O)OCc1ccccc1. The van der Waals surface area contributed by atoms with Gasteiger partial charge in [-0.05, 0) is 26.3 Å². The molecule has 0 heterocycles. The maximum atomic E-state index is 11.9. The van der Waals surface area contributed by atoms with E-state index in [0.717, 1.165) is 12.5 Å². The number of esters is 4. The van der Waals surface area contributed by atoms with Crippen LogP contribution in [0, 0.1) is 0 Å². The fourth-order valence-electron chi connectivity index (χ4n) is 1.78. The molecular weight excluding hydrogens is 344 g/mol. The van der Waals surface area contributed by atoms with E-state index in [9.17, 15) is 19.2 Å². The summed E-state index contributed by atoms with van der Waals surface area (Å²) in [6.45, 7) is 5.13. The van der Waals surface area contributed by atoms with Crippen molar-refractivity contribution in [1.82, 2.24) is 0 Å². The molecule has 0 aliphatic carbocycles. The van der Waals surface area contributed by atoms with Gasteiger partial charge in [-0.25, -0.2) is 14.4 Å². The topological polar surface area (TPSA) is 105 Å². The predicted molar refractivity (Wildman–Crippen MR) is 88.6 cm³/mol. The molecule has 0 aromatic heterocycles. The molecule has 0 aliphatic rings. The molecule has 0 spiro atoms. The lowest BCUT2D eigenvalue weighted by atomic mass is 10.2. The Morgan fingerprint density at radius 1 is 0.769 bits per heavy atom. The van der Waals surface area contributed by atoms with E-state index in [4.69, 9.17) is 14.2 Å². The summed E-state index contributed by atoms with van der Waals surface area (Å²) in [5.41, 5.74) is 0.793. The minimum Gasteiger partial charge on any atom is -0.458 e. The number of hydrogen-bond donors (Lipinski definition) is 0. The third-order valence-corrected chi connectivity index (χ3v) is 3.15. The van der Waals surface area contributed by atoms with Gasteiger partial charge < -0.3 is 18.9 Å². The normalized spacial score (nSPS) is 13.7. The molecule has 26 heavy (non-hydrogen) atoms. The van der Waals surface area contributed by atoms with Crippen LogP contribution in [0.3, 0.4) is 0 Å². The van der Waals surface area contributed by atoms with Crippen molar-refractivity contribution >= 4 is 23.9 Å². The van der Waals surface area contributed by atoms with Crippen molar-refractivity contribution in [3.8, 4) is 0 Å². The highest BCUT2D eigenvalue weighted by molar-refractivity contribution is 5.84. The van der Waals surface area contributed by atoms with Gasteiger partial charge >= 0.3 is 23.9 Å². The van der Waals surface area contributed by atoms with E-state index in [0.29, 0.717) is 0 Å². The molecule has 0 aliphatic heterocycles. The zero-order valence-electron chi connectivity index (χ0n) is 15.1. The van der Waals surface area contributed by atoms with Gasteiger partial charge in [-0.15, -0.1) is 0 Å². The molecular formula is C18H22O8. The Kier molecular flexibility index (Phi) is 8.27. The lowest BCUT2D eigenvalue weighted by Gasteiger charge is -2.18. The smallest absolute Gasteiger partial charge is 0.347 e. The maximum Gasteiger partial charge on any atom is 0.347 e. The maximum absolute atomic E-state index is 11.9. The van der Waals surface area contributed by atoms with Crippen molar-refractivity contribution in [2.24, 2.45) is 0 Å². The lowest BCUT2D eigenvalue weighted by Crippen LogP contribution is -2.36. The van der Waals surface area contributed by atoms with Crippen molar-refractivity contribution < 1.29 is 38.1 Å². The summed E-state index contributed by atoms with van der Waals surface area (Å²) >= 11 is 0. The lowest BCUT2D eigenvalue weighted by molar-refractivity contribution is -0.182. The fraction of sp³-hybridized carbons (Fsp3) is 0.444. The van der Waals surface area contributed by atoms with Crippen molar-refractivity contribution in [1.29, 1.82) is 0 Å². The molecule has 0 unspecified atom stereocenters. The third-order valence-electron chi connectivity index (χ3n) is 3.15. The van der Waals surface area contributed by atoms with Gasteiger partial charge in [0.05, 0.1) is 0 Å². The molecule has 0 saturated heterocycles. The van der Waals surface area contributed by atoms with Gasteiger partial charge in [0.1, 0.15) is 6.61 Å². The van der Waals surface area contributed by atoms with E-state index in [-0.39, 0.29) is 6.61 Å². The molecule has 1 aromatic rings. The number of rotatable bonds is 8. The van der Waals surface area contributed by atoms with Crippen LogP contribution in [0.4, 0.5) is 0 Å². The Bertz CT molecular complexity index is 640. The van der Waals surface area contributed by atoms with Crippen LogP contribution < -0.4 is 0 Å². The first-order valence-electron chi connectivity index (χ1n) is 7.99. The van der Waals surface area contributed by atoms with Crippen LogP contribution in [-0.2, 0) is 44.7 Å². The van der Waals surface area contributed by atoms with Gasteiger partial charge in [0, 0.05) is 6.92 Å². The molecule has 0 amide bonds. The number of hydrogen-bond acceptors (Lipinski definition) is 8. The highest BCUT2D eigenvalue weighted by Crippen LogP contribution is 2.06. The summed E-state index contributed by atoms with van der Waals surface area (Å²) in [5, 5.41) is 0. The molecule has 0 saturated carbocycles. The molecule has 0 radical (unpaired) electrons. The zero-order chi connectivity index (χ0) is 19.7. The Morgan fingerprint density at radius 2 is 1.23 bits per heavy atom. The first-order chi connectivity index (χ1) is 12.2. The number of carbonyl (C=O) groups excluding carboxylic acids is 4. The molecule has 0 N–H and O–H groups in total. The second-order valence-corrected chi connectivity index (χ2v) is 5.50. The molecule has 142 valence electrons. The first kappa shape index (κ1) is 21.1. The number of carbonyl (C=O) groups is 4. The first-order valence-corrected chi connectivity index (χ1v) is 7.99.